The number of rotatable bonds is 9. The lowest BCUT2D eigenvalue weighted by Gasteiger charge is -2.10. The lowest BCUT2D eigenvalue weighted by Crippen LogP contribution is -2.25. The maximum Gasteiger partial charge on any atom is 0.430 e. The van der Waals surface area contributed by atoms with Crippen LogP contribution in [-0.2, 0) is 5.75 Å². The average molecular weight is 518 g/mol. The molecule has 0 bridgehead atoms. The molecule has 0 unspecified atom stereocenters. The molecule has 0 fully saturated rings. The molecule has 0 aromatic heterocycles. The zero-order valence-corrected chi connectivity index (χ0v) is 20.1. The summed E-state index contributed by atoms with van der Waals surface area (Å²) in [4.78, 5) is 16.7. The van der Waals surface area contributed by atoms with Gasteiger partial charge in [0, 0.05) is 29.2 Å². The first-order valence-corrected chi connectivity index (χ1v) is 12.1. The van der Waals surface area contributed by atoms with Crippen molar-refractivity contribution in [3.05, 3.63) is 112 Å². The van der Waals surface area contributed by atoms with Crippen molar-refractivity contribution in [1.82, 2.24) is 5.32 Å². The lowest BCUT2D eigenvalue weighted by molar-refractivity contribution is -0.0925. The Kier molecular flexibility index (Phi) is 9.39. The van der Waals surface area contributed by atoms with Crippen LogP contribution in [0.15, 0.2) is 95.6 Å². The highest BCUT2D eigenvalue weighted by Crippen LogP contribution is 2.27. The van der Waals surface area contributed by atoms with E-state index in [1.807, 2.05) is 30.3 Å². The molecule has 0 radical (unpaired) electrons. The van der Waals surface area contributed by atoms with Crippen LogP contribution in [0.2, 0.25) is 5.02 Å². The molecule has 0 heterocycles. The Bertz CT molecular complexity index is 1200. The number of aliphatic imine (C=N–C) groups is 1. The Morgan fingerprint density at radius 3 is 2.26 bits per heavy atom. The van der Waals surface area contributed by atoms with Crippen LogP contribution >= 0.6 is 23.4 Å². The third kappa shape index (κ3) is 8.19. The molecular formula is C26H23ClF3N3OS. The van der Waals surface area contributed by atoms with Gasteiger partial charge in [0.1, 0.15) is 5.70 Å². The second-order valence-electron chi connectivity index (χ2n) is 7.42. The summed E-state index contributed by atoms with van der Waals surface area (Å²) >= 11 is 7.83. The van der Waals surface area contributed by atoms with Gasteiger partial charge in [0.15, 0.2) is 0 Å². The van der Waals surface area contributed by atoms with Crippen molar-refractivity contribution in [2.45, 2.75) is 11.9 Å². The van der Waals surface area contributed by atoms with E-state index in [2.05, 4.69) is 10.3 Å². The summed E-state index contributed by atoms with van der Waals surface area (Å²) in [5, 5.41) is 3.13. The molecule has 182 valence electrons. The van der Waals surface area contributed by atoms with Crippen LogP contribution in [0, 0.1) is 0 Å². The maximum atomic E-state index is 13.1. The second-order valence-corrected chi connectivity index (χ2v) is 8.93. The van der Waals surface area contributed by atoms with Crippen molar-refractivity contribution in [3.8, 4) is 0 Å². The van der Waals surface area contributed by atoms with Gasteiger partial charge in [-0.3, -0.25) is 4.79 Å². The Morgan fingerprint density at radius 1 is 0.971 bits per heavy atom. The molecule has 1 amide bonds. The number of carbonyl (C=O) groups excluding carboxylic acids is 1. The number of nitrogens with zero attached hydrogens (tertiary/aromatic N) is 1. The fraction of sp³-hybridized carbons (Fsp3) is 0.154. The van der Waals surface area contributed by atoms with Gasteiger partial charge < -0.3 is 11.1 Å². The van der Waals surface area contributed by atoms with Crippen molar-refractivity contribution in [2.75, 3.05) is 12.3 Å². The van der Waals surface area contributed by atoms with Gasteiger partial charge in [-0.15, -0.1) is 0 Å². The maximum absolute atomic E-state index is 13.1. The van der Waals surface area contributed by atoms with Gasteiger partial charge in [-0.05, 0) is 35.9 Å². The molecule has 0 aliphatic heterocycles. The minimum atomic E-state index is -4.71. The number of carbonyl (C=O) groups is 1. The molecule has 0 aliphatic carbocycles. The Balaban J connectivity index is 1.68. The molecule has 3 aromatic rings. The number of nitrogens with one attached hydrogen (secondary N) is 1. The first-order valence-electron chi connectivity index (χ1n) is 10.6. The number of para-hydroxylation sites is 1. The van der Waals surface area contributed by atoms with E-state index >= 15 is 0 Å². The lowest BCUT2D eigenvalue weighted by atomic mass is 10.1. The number of thioether (sulfide) groups is 1. The van der Waals surface area contributed by atoms with E-state index in [1.165, 1.54) is 29.8 Å². The summed E-state index contributed by atoms with van der Waals surface area (Å²) in [6, 6.07) is 22.7. The van der Waals surface area contributed by atoms with Gasteiger partial charge in [-0.2, -0.15) is 24.9 Å². The Morgan fingerprint density at radius 2 is 1.60 bits per heavy atom. The standard InChI is InChI=1S/C26H23ClF3N3OS/c27-21-8-4-5-9-22(21)33-23(16-24(31)26(28,29)30)19-10-12-20(13-11-19)25(34)32-14-15-35-17-18-6-2-1-3-7-18/h1-13,16H,14-15,17,31H2,(H,32,34). The Labute approximate surface area is 211 Å². The van der Waals surface area contributed by atoms with E-state index < -0.39 is 11.9 Å². The molecule has 0 atom stereocenters. The van der Waals surface area contributed by atoms with Crippen LogP contribution in [-0.4, -0.2) is 30.1 Å². The van der Waals surface area contributed by atoms with Crippen LogP contribution in [0.25, 0.3) is 0 Å². The zero-order chi connectivity index (χ0) is 25.3. The van der Waals surface area contributed by atoms with Crippen molar-refractivity contribution < 1.29 is 18.0 Å². The third-order valence-electron chi connectivity index (χ3n) is 4.80. The minimum Gasteiger partial charge on any atom is -0.395 e. The number of nitrogens with two attached hydrogens (primary N) is 1. The predicted octanol–water partition coefficient (Wildman–Crippen LogP) is 6.53. The molecule has 3 N–H and O–H groups in total. The molecular weight excluding hydrogens is 495 g/mol. The van der Waals surface area contributed by atoms with E-state index in [0.29, 0.717) is 23.4 Å². The van der Waals surface area contributed by atoms with Gasteiger partial charge in [0.25, 0.3) is 5.91 Å². The fourth-order valence-electron chi connectivity index (χ4n) is 2.98. The average Bonchev–Trinajstić information content (AvgIpc) is 2.84. The highest BCUT2D eigenvalue weighted by molar-refractivity contribution is 7.98. The molecule has 4 nitrogen and oxygen atoms in total. The summed E-state index contributed by atoms with van der Waals surface area (Å²) in [7, 11) is 0. The largest absolute Gasteiger partial charge is 0.430 e. The molecule has 0 saturated carbocycles. The molecule has 3 rings (SSSR count). The van der Waals surface area contributed by atoms with E-state index in [1.54, 1.807) is 36.0 Å². The molecule has 0 saturated heterocycles. The van der Waals surface area contributed by atoms with Crippen molar-refractivity contribution in [1.29, 1.82) is 0 Å². The van der Waals surface area contributed by atoms with Crippen LogP contribution in [0.1, 0.15) is 21.5 Å². The smallest absolute Gasteiger partial charge is 0.395 e. The summed E-state index contributed by atoms with van der Waals surface area (Å²) in [5.41, 5.74) is 6.16. The van der Waals surface area contributed by atoms with Gasteiger partial charge in [0.2, 0.25) is 0 Å². The highest BCUT2D eigenvalue weighted by atomic mass is 35.5. The van der Waals surface area contributed by atoms with Gasteiger partial charge >= 0.3 is 6.18 Å². The van der Waals surface area contributed by atoms with Crippen molar-refractivity contribution >= 4 is 40.7 Å². The van der Waals surface area contributed by atoms with E-state index in [9.17, 15) is 18.0 Å². The van der Waals surface area contributed by atoms with Gasteiger partial charge in [-0.25, -0.2) is 4.99 Å². The number of allylic oxidation sites excluding steroid dienone is 2. The summed E-state index contributed by atoms with van der Waals surface area (Å²) in [5.74, 6) is 1.33. The van der Waals surface area contributed by atoms with Crippen LogP contribution in [0.5, 0.6) is 0 Å². The molecule has 3 aromatic carbocycles. The molecule has 35 heavy (non-hydrogen) atoms. The van der Waals surface area contributed by atoms with Crippen LogP contribution in [0.3, 0.4) is 0 Å². The normalized spacial score (nSPS) is 12.5. The summed E-state index contributed by atoms with van der Waals surface area (Å²) in [6.45, 7) is 0.488. The summed E-state index contributed by atoms with van der Waals surface area (Å²) < 4.78 is 39.2. The van der Waals surface area contributed by atoms with E-state index in [0.717, 1.165) is 17.6 Å². The SMILES string of the molecule is NC(=CC(=Nc1ccccc1Cl)c1ccc(C(=O)NCCSCc2ccccc2)cc1)C(F)(F)F. The number of hydrogen-bond donors (Lipinski definition) is 2. The number of halogens is 4. The highest BCUT2D eigenvalue weighted by Gasteiger charge is 2.31. The van der Waals surface area contributed by atoms with Gasteiger partial charge in [-0.1, -0.05) is 66.2 Å². The first-order chi connectivity index (χ1) is 16.7. The van der Waals surface area contributed by atoms with Crippen molar-refractivity contribution in [2.24, 2.45) is 10.7 Å². The first kappa shape index (κ1) is 26.4. The Hall–Kier alpha value is -3.23. The number of alkyl halides is 3. The zero-order valence-electron chi connectivity index (χ0n) is 18.6. The number of benzene rings is 3. The topological polar surface area (TPSA) is 67.5 Å². The molecule has 0 spiro atoms. The van der Waals surface area contributed by atoms with Crippen molar-refractivity contribution in [3.63, 3.8) is 0 Å². The van der Waals surface area contributed by atoms with Crippen LogP contribution in [0.4, 0.5) is 18.9 Å². The van der Waals surface area contributed by atoms with Crippen LogP contribution < -0.4 is 11.1 Å². The monoisotopic (exact) mass is 517 g/mol. The number of hydrogen-bond acceptors (Lipinski definition) is 4. The van der Waals surface area contributed by atoms with Gasteiger partial charge in [0.05, 0.1) is 16.4 Å². The van der Waals surface area contributed by atoms with E-state index in [-0.39, 0.29) is 16.6 Å². The quantitative estimate of drug-likeness (QED) is 0.250. The minimum absolute atomic E-state index is 0.0304. The second kappa shape index (κ2) is 12.5. The number of amides is 1. The predicted molar refractivity (Wildman–Crippen MR) is 137 cm³/mol. The van der Waals surface area contributed by atoms with E-state index in [4.69, 9.17) is 17.3 Å². The summed E-state index contributed by atoms with van der Waals surface area (Å²) in [6.07, 6.45) is -3.96. The third-order valence-corrected chi connectivity index (χ3v) is 6.15. The fourth-order valence-corrected chi connectivity index (χ4v) is 3.97. The molecule has 9 heteroatoms. The molecule has 0 aliphatic rings.